The van der Waals surface area contributed by atoms with Crippen molar-refractivity contribution in [2.24, 2.45) is 34.5 Å². The molecule has 0 saturated heterocycles. The Kier molecular flexibility index (Phi) is 4.12. The third kappa shape index (κ3) is 2.26. The van der Waals surface area contributed by atoms with Crippen molar-refractivity contribution in [2.75, 3.05) is 6.61 Å². The van der Waals surface area contributed by atoms with Gasteiger partial charge in [0.25, 0.3) is 0 Å². The lowest BCUT2D eigenvalue weighted by atomic mass is 9.45. The van der Waals surface area contributed by atoms with E-state index < -0.39 is 6.61 Å². The molecule has 0 aromatic carbocycles. The highest BCUT2D eigenvalue weighted by molar-refractivity contribution is 5.26. The van der Waals surface area contributed by atoms with Gasteiger partial charge >= 0.3 is 0 Å². The largest absolute Gasteiger partial charge is 0.393 e. The summed E-state index contributed by atoms with van der Waals surface area (Å²) in [6.07, 6.45) is 9.74. The Morgan fingerprint density at radius 1 is 1.08 bits per heavy atom. The molecular formula is C21H33FO2. The second kappa shape index (κ2) is 5.81. The quantitative estimate of drug-likeness (QED) is 0.734. The van der Waals surface area contributed by atoms with Crippen LogP contribution in [0.4, 0.5) is 4.39 Å². The molecule has 4 aliphatic carbocycles. The lowest BCUT2D eigenvalue weighted by molar-refractivity contribution is -0.116. The zero-order valence-corrected chi connectivity index (χ0v) is 15.2. The van der Waals surface area contributed by atoms with Crippen LogP contribution in [0, 0.1) is 34.5 Å². The van der Waals surface area contributed by atoms with Crippen LogP contribution in [0.15, 0.2) is 11.4 Å². The molecule has 0 aromatic rings. The maximum Gasteiger partial charge on any atom is 0.125 e. The van der Waals surface area contributed by atoms with Gasteiger partial charge in [-0.15, -0.1) is 0 Å². The Morgan fingerprint density at radius 3 is 2.62 bits per heavy atom. The van der Waals surface area contributed by atoms with Crippen LogP contribution in [-0.4, -0.2) is 22.9 Å². The summed E-state index contributed by atoms with van der Waals surface area (Å²) in [5.41, 5.74) is 1.29. The van der Waals surface area contributed by atoms with Crippen LogP contribution < -0.4 is 0 Å². The van der Waals surface area contributed by atoms with E-state index in [-0.39, 0.29) is 17.3 Å². The second-order valence-electron chi connectivity index (χ2n) is 9.62. The van der Waals surface area contributed by atoms with Crippen molar-refractivity contribution >= 4 is 0 Å². The maximum absolute atomic E-state index is 14.3. The van der Waals surface area contributed by atoms with Gasteiger partial charge in [-0.25, -0.2) is 4.39 Å². The third-order valence-electron chi connectivity index (χ3n) is 8.89. The molecule has 136 valence electrons. The topological polar surface area (TPSA) is 40.5 Å². The van der Waals surface area contributed by atoms with Crippen molar-refractivity contribution in [1.29, 1.82) is 0 Å². The van der Waals surface area contributed by atoms with E-state index in [0.717, 1.165) is 50.0 Å². The minimum atomic E-state index is -0.427. The van der Waals surface area contributed by atoms with E-state index in [9.17, 15) is 14.6 Å². The Hall–Kier alpha value is -0.410. The van der Waals surface area contributed by atoms with Gasteiger partial charge in [-0.05, 0) is 97.9 Å². The monoisotopic (exact) mass is 336 g/mol. The van der Waals surface area contributed by atoms with E-state index in [1.54, 1.807) is 0 Å². The normalized spacial score (nSPS) is 53.1. The van der Waals surface area contributed by atoms with Gasteiger partial charge in [0.15, 0.2) is 0 Å². The number of rotatable bonds is 1. The van der Waals surface area contributed by atoms with Crippen LogP contribution in [0.1, 0.15) is 71.6 Å². The highest BCUT2D eigenvalue weighted by Gasteiger charge is 2.59. The summed E-state index contributed by atoms with van der Waals surface area (Å²) in [5.74, 6) is 2.48. The molecule has 4 rings (SSSR count). The number of aliphatic hydroxyl groups is 2. The average Bonchev–Trinajstić information content (AvgIpc) is 2.92. The van der Waals surface area contributed by atoms with E-state index in [1.165, 1.54) is 19.3 Å². The SMILES string of the molecule is CC12CCC3C(CCC4CC(O)CCC43C)C1CC/C2=C(/F)CO. The number of hydrogen-bond donors (Lipinski definition) is 2. The zero-order valence-electron chi connectivity index (χ0n) is 15.2. The summed E-state index contributed by atoms with van der Waals surface area (Å²) in [4.78, 5) is 0. The van der Waals surface area contributed by atoms with Crippen molar-refractivity contribution in [3.8, 4) is 0 Å². The highest BCUT2D eigenvalue weighted by atomic mass is 19.1. The van der Waals surface area contributed by atoms with Gasteiger partial charge in [0.2, 0.25) is 0 Å². The third-order valence-corrected chi connectivity index (χ3v) is 8.89. The van der Waals surface area contributed by atoms with E-state index in [4.69, 9.17) is 0 Å². The van der Waals surface area contributed by atoms with Crippen molar-refractivity contribution < 1.29 is 14.6 Å². The molecule has 24 heavy (non-hydrogen) atoms. The smallest absolute Gasteiger partial charge is 0.125 e. The molecule has 7 atom stereocenters. The van der Waals surface area contributed by atoms with Gasteiger partial charge in [0, 0.05) is 0 Å². The molecule has 4 fully saturated rings. The van der Waals surface area contributed by atoms with Gasteiger partial charge in [-0.2, -0.15) is 0 Å². The molecule has 0 bridgehead atoms. The Morgan fingerprint density at radius 2 is 1.88 bits per heavy atom. The summed E-state index contributed by atoms with van der Waals surface area (Å²) in [5, 5.41) is 19.4. The van der Waals surface area contributed by atoms with E-state index >= 15 is 0 Å². The predicted molar refractivity (Wildman–Crippen MR) is 93.0 cm³/mol. The van der Waals surface area contributed by atoms with Crippen molar-refractivity contribution in [2.45, 2.75) is 77.7 Å². The number of allylic oxidation sites excluding steroid dienone is 1. The Labute approximate surface area is 145 Å². The molecule has 3 heteroatoms. The average molecular weight is 336 g/mol. The predicted octanol–water partition coefficient (Wildman–Crippen LogP) is 4.61. The highest BCUT2D eigenvalue weighted by Crippen LogP contribution is 2.67. The van der Waals surface area contributed by atoms with Gasteiger partial charge in [-0.3, -0.25) is 0 Å². The minimum absolute atomic E-state index is 0.0225. The fraction of sp³-hybridized carbons (Fsp3) is 0.905. The lowest BCUT2D eigenvalue weighted by Gasteiger charge is -2.60. The fourth-order valence-corrected chi connectivity index (χ4v) is 7.59. The fourth-order valence-electron chi connectivity index (χ4n) is 7.59. The first-order valence-corrected chi connectivity index (χ1v) is 10.1. The van der Waals surface area contributed by atoms with Crippen LogP contribution in [0.2, 0.25) is 0 Å². The van der Waals surface area contributed by atoms with Crippen molar-refractivity contribution in [3.63, 3.8) is 0 Å². The molecule has 4 aliphatic rings. The van der Waals surface area contributed by atoms with Gasteiger partial charge in [0.05, 0.1) is 12.7 Å². The Bertz CT molecular complexity index is 544. The van der Waals surface area contributed by atoms with Gasteiger partial charge < -0.3 is 10.2 Å². The van der Waals surface area contributed by atoms with E-state index in [1.807, 2.05) is 0 Å². The molecule has 0 heterocycles. The molecular weight excluding hydrogens is 303 g/mol. The molecule has 0 amide bonds. The molecule has 0 radical (unpaired) electrons. The summed E-state index contributed by atoms with van der Waals surface area (Å²) in [7, 11) is 0. The van der Waals surface area contributed by atoms with Crippen LogP contribution in [0.25, 0.3) is 0 Å². The summed E-state index contributed by atoms with van der Waals surface area (Å²) < 4.78 is 14.3. The van der Waals surface area contributed by atoms with Crippen LogP contribution in [0.5, 0.6) is 0 Å². The zero-order chi connectivity index (χ0) is 17.1. The molecule has 2 nitrogen and oxygen atoms in total. The number of aliphatic hydroxyl groups excluding tert-OH is 2. The van der Waals surface area contributed by atoms with E-state index in [0.29, 0.717) is 23.2 Å². The van der Waals surface area contributed by atoms with Crippen LogP contribution in [0.3, 0.4) is 0 Å². The molecule has 0 aliphatic heterocycles. The minimum Gasteiger partial charge on any atom is -0.393 e. The second-order valence-corrected chi connectivity index (χ2v) is 9.62. The molecule has 7 unspecified atom stereocenters. The van der Waals surface area contributed by atoms with Gasteiger partial charge in [0.1, 0.15) is 5.83 Å². The molecule has 2 N–H and O–H groups in total. The number of hydrogen-bond acceptors (Lipinski definition) is 2. The van der Waals surface area contributed by atoms with Crippen molar-refractivity contribution in [3.05, 3.63) is 11.4 Å². The maximum atomic E-state index is 14.3. The summed E-state index contributed by atoms with van der Waals surface area (Å²) in [6, 6.07) is 0. The number of fused-ring (bicyclic) bond motifs is 5. The Balaban J connectivity index is 1.63. The van der Waals surface area contributed by atoms with Crippen molar-refractivity contribution in [1.82, 2.24) is 0 Å². The first-order chi connectivity index (χ1) is 11.4. The van der Waals surface area contributed by atoms with Crippen LogP contribution >= 0.6 is 0 Å². The molecule has 0 spiro atoms. The summed E-state index contributed by atoms with van der Waals surface area (Å²) in [6.45, 7) is 4.33. The molecule has 0 aromatic heterocycles. The molecule has 4 saturated carbocycles. The standard InChI is InChI=1S/C21H33FO2/c1-20-9-7-14(24)11-13(20)3-4-15-16-5-6-18(19(22)12-23)21(16,2)10-8-17(15)20/h13-17,23-24H,3-12H2,1-2H3/b19-18-. The first kappa shape index (κ1) is 17.0. The summed E-state index contributed by atoms with van der Waals surface area (Å²) >= 11 is 0. The van der Waals surface area contributed by atoms with E-state index in [2.05, 4.69) is 13.8 Å². The van der Waals surface area contributed by atoms with Crippen LogP contribution in [-0.2, 0) is 0 Å². The number of halogens is 1. The van der Waals surface area contributed by atoms with Gasteiger partial charge in [-0.1, -0.05) is 13.8 Å². The lowest BCUT2D eigenvalue weighted by Crippen LogP contribution is -2.53. The first-order valence-electron chi connectivity index (χ1n) is 10.1.